The summed E-state index contributed by atoms with van der Waals surface area (Å²) in [5.74, 6) is -1.11. The fourth-order valence-electron chi connectivity index (χ4n) is 1.62. The van der Waals surface area contributed by atoms with Gasteiger partial charge in [0.2, 0.25) is 0 Å². The highest BCUT2D eigenvalue weighted by molar-refractivity contribution is 5.89. The van der Waals surface area contributed by atoms with E-state index < -0.39 is 29.8 Å². The Morgan fingerprint density at radius 3 is 2.20 bits per heavy atom. The number of esters is 1. The first-order valence-corrected chi connectivity index (χ1v) is 7.46. The van der Waals surface area contributed by atoms with E-state index in [1.54, 1.807) is 20.8 Å². The van der Waals surface area contributed by atoms with Crippen molar-refractivity contribution in [1.82, 2.24) is 5.32 Å². The van der Waals surface area contributed by atoms with E-state index in [0.717, 1.165) is 12.1 Å². The lowest BCUT2D eigenvalue weighted by molar-refractivity contribution is -0.274. The van der Waals surface area contributed by atoms with Gasteiger partial charge in [0.05, 0.1) is 12.2 Å². The van der Waals surface area contributed by atoms with Gasteiger partial charge in [-0.15, -0.1) is 13.2 Å². The van der Waals surface area contributed by atoms with E-state index in [4.69, 9.17) is 9.47 Å². The number of hydrogen-bond acceptors (Lipinski definition) is 5. The SMILES string of the molecule is CC(C)(C)OC(=O)NCCCOC(=O)c1ccc(OC(F)(F)F)cc1. The minimum atomic E-state index is -4.79. The molecule has 0 saturated heterocycles. The number of benzene rings is 1. The van der Waals surface area contributed by atoms with Gasteiger partial charge in [0, 0.05) is 6.54 Å². The third kappa shape index (κ3) is 9.43. The second-order valence-electron chi connectivity index (χ2n) is 5.99. The molecule has 0 aliphatic rings. The summed E-state index contributed by atoms with van der Waals surface area (Å²) >= 11 is 0. The van der Waals surface area contributed by atoms with E-state index in [9.17, 15) is 22.8 Å². The van der Waals surface area contributed by atoms with Gasteiger partial charge in [0.25, 0.3) is 0 Å². The molecule has 0 aromatic heterocycles. The summed E-state index contributed by atoms with van der Waals surface area (Å²) < 4.78 is 49.8. The first kappa shape index (κ1) is 20.6. The summed E-state index contributed by atoms with van der Waals surface area (Å²) in [6.45, 7) is 5.49. The van der Waals surface area contributed by atoms with Crippen LogP contribution in [-0.2, 0) is 9.47 Å². The number of rotatable bonds is 6. The van der Waals surface area contributed by atoms with Crippen molar-refractivity contribution in [3.05, 3.63) is 29.8 Å². The molecule has 0 bridgehead atoms. The van der Waals surface area contributed by atoms with Crippen LogP contribution in [-0.4, -0.2) is 37.2 Å². The van der Waals surface area contributed by atoms with Crippen molar-refractivity contribution in [2.45, 2.75) is 39.2 Å². The normalized spacial score (nSPS) is 11.6. The predicted molar refractivity (Wildman–Crippen MR) is 82.3 cm³/mol. The highest BCUT2D eigenvalue weighted by Gasteiger charge is 2.31. The maximum Gasteiger partial charge on any atom is 0.573 e. The van der Waals surface area contributed by atoms with Gasteiger partial charge in [0.15, 0.2) is 0 Å². The molecular formula is C16H20F3NO5. The molecule has 1 amide bonds. The van der Waals surface area contributed by atoms with E-state index in [1.807, 2.05) is 0 Å². The van der Waals surface area contributed by atoms with Crippen molar-refractivity contribution < 1.29 is 37.0 Å². The summed E-state index contributed by atoms with van der Waals surface area (Å²) in [5.41, 5.74) is -0.506. The van der Waals surface area contributed by atoms with Crippen LogP contribution < -0.4 is 10.1 Å². The van der Waals surface area contributed by atoms with Gasteiger partial charge >= 0.3 is 18.4 Å². The van der Waals surface area contributed by atoms with Crippen molar-refractivity contribution >= 4 is 12.1 Å². The Bertz CT molecular complexity index is 579. The number of nitrogens with one attached hydrogen (secondary N) is 1. The van der Waals surface area contributed by atoms with Gasteiger partial charge in [-0.1, -0.05) is 0 Å². The number of hydrogen-bond donors (Lipinski definition) is 1. The Kier molecular flexibility index (Phi) is 7.08. The van der Waals surface area contributed by atoms with Crippen molar-refractivity contribution in [1.29, 1.82) is 0 Å². The fraction of sp³-hybridized carbons (Fsp3) is 0.500. The molecule has 1 aromatic carbocycles. The van der Waals surface area contributed by atoms with Crippen LogP contribution in [0.25, 0.3) is 0 Å². The fourth-order valence-corrected chi connectivity index (χ4v) is 1.62. The molecule has 0 saturated carbocycles. The van der Waals surface area contributed by atoms with Gasteiger partial charge in [0.1, 0.15) is 11.4 Å². The standard InChI is InChI=1S/C16H20F3NO5/c1-15(2,3)25-14(22)20-9-4-10-23-13(21)11-5-7-12(8-6-11)24-16(17,18)19/h5-8H,4,9-10H2,1-3H3,(H,20,22). The number of carbonyl (C=O) groups is 2. The summed E-state index contributed by atoms with van der Waals surface area (Å²) in [7, 11) is 0. The van der Waals surface area contributed by atoms with Crippen molar-refractivity contribution in [3.8, 4) is 5.75 Å². The summed E-state index contributed by atoms with van der Waals surface area (Å²) in [6, 6.07) is 4.38. The molecule has 6 nitrogen and oxygen atoms in total. The predicted octanol–water partition coefficient (Wildman–Crippen LogP) is 3.66. The maximum atomic E-state index is 12.0. The van der Waals surface area contributed by atoms with Crippen LogP contribution in [0.5, 0.6) is 5.75 Å². The molecule has 0 radical (unpaired) electrons. The molecule has 1 rings (SSSR count). The Labute approximate surface area is 143 Å². The second kappa shape index (κ2) is 8.59. The van der Waals surface area contributed by atoms with E-state index in [2.05, 4.69) is 10.1 Å². The van der Waals surface area contributed by atoms with Gasteiger partial charge in [-0.25, -0.2) is 9.59 Å². The molecule has 140 valence electrons. The lowest BCUT2D eigenvalue weighted by Crippen LogP contribution is -2.33. The monoisotopic (exact) mass is 363 g/mol. The molecule has 0 aliphatic carbocycles. The first-order chi connectivity index (χ1) is 11.5. The first-order valence-electron chi connectivity index (χ1n) is 7.46. The molecule has 0 fully saturated rings. The zero-order chi connectivity index (χ0) is 19.1. The smallest absolute Gasteiger partial charge is 0.462 e. The van der Waals surface area contributed by atoms with Crippen LogP contribution in [0.15, 0.2) is 24.3 Å². The average Bonchev–Trinajstić information content (AvgIpc) is 2.43. The van der Waals surface area contributed by atoms with Crippen LogP contribution in [0.4, 0.5) is 18.0 Å². The molecule has 0 atom stereocenters. The molecular weight excluding hydrogens is 343 g/mol. The Morgan fingerprint density at radius 2 is 1.68 bits per heavy atom. The maximum absolute atomic E-state index is 12.0. The molecule has 0 heterocycles. The van der Waals surface area contributed by atoms with E-state index in [0.29, 0.717) is 6.42 Å². The second-order valence-corrected chi connectivity index (χ2v) is 5.99. The summed E-state index contributed by atoms with van der Waals surface area (Å²) in [4.78, 5) is 23.1. The molecule has 9 heteroatoms. The van der Waals surface area contributed by atoms with Crippen LogP contribution in [0.1, 0.15) is 37.6 Å². The average molecular weight is 363 g/mol. The number of ether oxygens (including phenoxy) is 3. The van der Waals surface area contributed by atoms with Crippen molar-refractivity contribution in [2.75, 3.05) is 13.2 Å². The number of alkyl carbamates (subject to hydrolysis) is 1. The molecule has 0 unspecified atom stereocenters. The Hall–Kier alpha value is -2.45. The zero-order valence-electron chi connectivity index (χ0n) is 14.1. The summed E-state index contributed by atoms with van der Waals surface area (Å²) in [6.07, 6.45) is -5.00. The van der Waals surface area contributed by atoms with Gasteiger partial charge in [-0.05, 0) is 51.5 Å². The van der Waals surface area contributed by atoms with Crippen LogP contribution >= 0.6 is 0 Å². The highest BCUT2D eigenvalue weighted by atomic mass is 19.4. The molecule has 0 aliphatic heterocycles. The van der Waals surface area contributed by atoms with E-state index in [1.165, 1.54) is 12.1 Å². The zero-order valence-corrected chi connectivity index (χ0v) is 14.1. The van der Waals surface area contributed by atoms with Crippen LogP contribution in [0.2, 0.25) is 0 Å². The van der Waals surface area contributed by atoms with E-state index >= 15 is 0 Å². The molecule has 0 spiro atoms. The lowest BCUT2D eigenvalue weighted by Gasteiger charge is -2.19. The van der Waals surface area contributed by atoms with Crippen molar-refractivity contribution in [3.63, 3.8) is 0 Å². The van der Waals surface area contributed by atoms with Gasteiger partial charge in [-0.2, -0.15) is 0 Å². The molecule has 25 heavy (non-hydrogen) atoms. The quantitative estimate of drug-likeness (QED) is 0.617. The van der Waals surface area contributed by atoms with Gasteiger partial charge < -0.3 is 19.5 Å². The number of halogens is 3. The topological polar surface area (TPSA) is 73.9 Å². The van der Waals surface area contributed by atoms with Crippen LogP contribution in [0.3, 0.4) is 0 Å². The highest BCUT2D eigenvalue weighted by Crippen LogP contribution is 2.22. The lowest BCUT2D eigenvalue weighted by atomic mass is 10.2. The van der Waals surface area contributed by atoms with Crippen LogP contribution in [0, 0.1) is 0 Å². The van der Waals surface area contributed by atoms with Crippen molar-refractivity contribution in [2.24, 2.45) is 0 Å². The Balaban J connectivity index is 2.29. The Morgan fingerprint density at radius 1 is 1.08 bits per heavy atom. The minimum Gasteiger partial charge on any atom is -0.462 e. The van der Waals surface area contributed by atoms with E-state index in [-0.39, 0.29) is 18.7 Å². The molecule has 1 N–H and O–H groups in total. The number of alkyl halides is 3. The number of carbonyl (C=O) groups excluding carboxylic acids is 2. The third-order valence-electron chi connectivity index (χ3n) is 2.55. The number of amides is 1. The van der Waals surface area contributed by atoms with Gasteiger partial charge in [-0.3, -0.25) is 0 Å². The third-order valence-corrected chi connectivity index (χ3v) is 2.55. The minimum absolute atomic E-state index is 0.0371. The summed E-state index contributed by atoms with van der Waals surface area (Å²) in [5, 5.41) is 2.51. The largest absolute Gasteiger partial charge is 0.573 e. The molecule has 1 aromatic rings.